The molecule has 0 N–H and O–H groups in total. The molecule has 0 aliphatic rings. The van der Waals surface area contributed by atoms with E-state index in [-0.39, 0.29) is 5.78 Å². The largest absolute Gasteiger partial charge is 0.494 e. The van der Waals surface area contributed by atoms with E-state index in [1.807, 2.05) is 6.92 Å². The van der Waals surface area contributed by atoms with Crippen LogP contribution in [0.2, 0.25) is 0 Å². The molecule has 0 fully saturated rings. The highest BCUT2D eigenvalue weighted by Gasteiger charge is 2.14. The number of ether oxygens (including phenoxy) is 2. The van der Waals surface area contributed by atoms with Gasteiger partial charge in [0.15, 0.2) is 5.78 Å². The van der Waals surface area contributed by atoms with Crippen molar-refractivity contribution in [3.05, 3.63) is 53.7 Å². The van der Waals surface area contributed by atoms with Crippen LogP contribution in [-0.2, 0) is 0 Å². The van der Waals surface area contributed by atoms with E-state index in [9.17, 15) is 4.79 Å². The lowest BCUT2D eigenvalue weighted by molar-refractivity contribution is 0.103. The van der Waals surface area contributed by atoms with E-state index in [4.69, 9.17) is 9.47 Å². The van der Waals surface area contributed by atoms with Crippen molar-refractivity contribution in [1.29, 1.82) is 0 Å². The summed E-state index contributed by atoms with van der Waals surface area (Å²) >= 11 is 0. The Kier molecular flexibility index (Phi) is 4.13. The SMILES string of the molecule is CCOc1ccc(C(=O)c2cccnc2OC)cc1. The third-order valence-electron chi connectivity index (χ3n) is 2.64. The van der Waals surface area contributed by atoms with Gasteiger partial charge in [-0.3, -0.25) is 4.79 Å². The highest BCUT2D eigenvalue weighted by molar-refractivity contribution is 6.10. The molecule has 0 unspecified atom stereocenters. The maximum absolute atomic E-state index is 12.3. The van der Waals surface area contributed by atoms with Gasteiger partial charge in [0.25, 0.3) is 0 Å². The van der Waals surface area contributed by atoms with Gasteiger partial charge in [-0.25, -0.2) is 4.98 Å². The maximum atomic E-state index is 12.3. The van der Waals surface area contributed by atoms with Gasteiger partial charge in [-0.2, -0.15) is 0 Å². The minimum Gasteiger partial charge on any atom is -0.494 e. The van der Waals surface area contributed by atoms with Gasteiger partial charge >= 0.3 is 0 Å². The van der Waals surface area contributed by atoms with Crippen molar-refractivity contribution in [2.24, 2.45) is 0 Å². The van der Waals surface area contributed by atoms with Gasteiger partial charge in [-0.15, -0.1) is 0 Å². The number of ketones is 1. The molecule has 0 saturated carbocycles. The van der Waals surface area contributed by atoms with Crippen molar-refractivity contribution in [3.8, 4) is 11.6 Å². The molecule has 0 amide bonds. The van der Waals surface area contributed by atoms with E-state index in [2.05, 4.69) is 4.98 Å². The first-order valence-electron chi connectivity index (χ1n) is 6.02. The Morgan fingerprint density at radius 1 is 1.21 bits per heavy atom. The summed E-state index contributed by atoms with van der Waals surface area (Å²) in [6.45, 7) is 2.52. The Bertz CT molecular complexity index is 564. The van der Waals surface area contributed by atoms with Gasteiger partial charge in [0.2, 0.25) is 5.88 Å². The molecule has 0 aliphatic carbocycles. The third-order valence-corrected chi connectivity index (χ3v) is 2.64. The molecule has 4 nitrogen and oxygen atoms in total. The Hall–Kier alpha value is -2.36. The summed E-state index contributed by atoms with van der Waals surface area (Å²) < 4.78 is 10.4. The van der Waals surface area contributed by atoms with Gasteiger partial charge in [0.1, 0.15) is 5.75 Å². The lowest BCUT2D eigenvalue weighted by Gasteiger charge is -2.07. The van der Waals surface area contributed by atoms with Crippen molar-refractivity contribution < 1.29 is 14.3 Å². The maximum Gasteiger partial charge on any atom is 0.224 e. The van der Waals surface area contributed by atoms with Crippen LogP contribution in [0.5, 0.6) is 11.6 Å². The summed E-state index contributed by atoms with van der Waals surface area (Å²) in [5.74, 6) is 0.964. The van der Waals surface area contributed by atoms with Crippen LogP contribution in [0.4, 0.5) is 0 Å². The number of hydrogen-bond acceptors (Lipinski definition) is 4. The van der Waals surface area contributed by atoms with Crippen LogP contribution in [0.3, 0.4) is 0 Å². The number of methoxy groups -OCH3 is 1. The van der Waals surface area contributed by atoms with E-state index >= 15 is 0 Å². The van der Waals surface area contributed by atoms with Gasteiger partial charge in [-0.05, 0) is 43.3 Å². The van der Waals surface area contributed by atoms with Crippen molar-refractivity contribution >= 4 is 5.78 Å². The number of carbonyl (C=O) groups excluding carboxylic acids is 1. The van der Waals surface area contributed by atoms with Gasteiger partial charge < -0.3 is 9.47 Å². The molecular weight excluding hydrogens is 242 g/mol. The molecule has 2 rings (SSSR count). The monoisotopic (exact) mass is 257 g/mol. The number of aromatic nitrogens is 1. The number of pyridine rings is 1. The zero-order chi connectivity index (χ0) is 13.7. The van der Waals surface area contributed by atoms with Crippen molar-refractivity contribution in [1.82, 2.24) is 4.98 Å². The summed E-state index contributed by atoms with van der Waals surface area (Å²) in [6.07, 6.45) is 1.59. The molecule has 0 aliphatic heterocycles. The number of rotatable bonds is 5. The summed E-state index contributed by atoms with van der Waals surface area (Å²) in [5, 5.41) is 0. The smallest absolute Gasteiger partial charge is 0.224 e. The van der Waals surface area contributed by atoms with E-state index in [1.165, 1.54) is 7.11 Å². The Morgan fingerprint density at radius 3 is 2.58 bits per heavy atom. The fraction of sp³-hybridized carbons (Fsp3) is 0.200. The molecule has 1 heterocycles. The topological polar surface area (TPSA) is 48.4 Å². The van der Waals surface area contributed by atoms with Gasteiger partial charge in [0, 0.05) is 11.8 Å². The van der Waals surface area contributed by atoms with Gasteiger partial charge in [-0.1, -0.05) is 0 Å². The second-order valence-electron chi connectivity index (χ2n) is 3.85. The van der Waals surface area contributed by atoms with Crippen LogP contribution in [0, 0.1) is 0 Å². The molecule has 2 aromatic rings. The first-order valence-corrected chi connectivity index (χ1v) is 6.02. The lowest BCUT2D eigenvalue weighted by Crippen LogP contribution is -2.05. The van der Waals surface area contributed by atoms with Crippen molar-refractivity contribution in [3.63, 3.8) is 0 Å². The fourth-order valence-electron chi connectivity index (χ4n) is 1.75. The van der Waals surface area contributed by atoms with Crippen LogP contribution >= 0.6 is 0 Å². The van der Waals surface area contributed by atoms with E-state index in [1.54, 1.807) is 42.6 Å². The Balaban J connectivity index is 2.28. The van der Waals surface area contributed by atoms with Gasteiger partial charge in [0.05, 0.1) is 19.3 Å². The summed E-state index contributed by atoms with van der Waals surface area (Å²) in [4.78, 5) is 16.4. The van der Waals surface area contributed by atoms with Crippen LogP contribution in [0.1, 0.15) is 22.8 Å². The molecule has 0 saturated heterocycles. The second kappa shape index (κ2) is 6.00. The molecular formula is C15H15NO3. The second-order valence-corrected chi connectivity index (χ2v) is 3.85. The minimum atomic E-state index is -0.118. The predicted molar refractivity (Wildman–Crippen MR) is 71.8 cm³/mol. The quantitative estimate of drug-likeness (QED) is 0.773. The predicted octanol–water partition coefficient (Wildman–Crippen LogP) is 2.72. The highest BCUT2D eigenvalue weighted by Crippen LogP contribution is 2.20. The Labute approximate surface area is 112 Å². The third kappa shape index (κ3) is 2.91. The molecule has 0 bridgehead atoms. The molecule has 0 atom stereocenters. The number of carbonyl (C=O) groups is 1. The molecule has 98 valence electrons. The zero-order valence-corrected chi connectivity index (χ0v) is 10.9. The normalized spacial score (nSPS) is 10.0. The summed E-state index contributed by atoms with van der Waals surface area (Å²) in [7, 11) is 1.50. The average Bonchev–Trinajstić information content (AvgIpc) is 2.47. The van der Waals surface area contributed by atoms with Crippen molar-refractivity contribution in [2.75, 3.05) is 13.7 Å². The molecule has 1 aromatic carbocycles. The first kappa shape index (κ1) is 13.1. The Morgan fingerprint density at radius 2 is 1.95 bits per heavy atom. The molecule has 0 radical (unpaired) electrons. The van der Waals surface area contributed by atoms with E-state index < -0.39 is 0 Å². The highest BCUT2D eigenvalue weighted by atomic mass is 16.5. The fourth-order valence-corrected chi connectivity index (χ4v) is 1.75. The van der Waals surface area contributed by atoms with Crippen molar-refractivity contribution in [2.45, 2.75) is 6.92 Å². The average molecular weight is 257 g/mol. The van der Waals surface area contributed by atoms with E-state index in [0.29, 0.717) is 23.6 Å². The molecule has 1 aromatic heterocycles. The first-order chi connectivity index (χ1) is 9.26. The van der Waals surface area contributed by atoms with Crippen LogP contribution < -0.4 is 9.47 Å². The number of nitrogens with zero attached hydrogens (tertiary/aromatic N) is 1. The summed E-state index contributed by atoms with van der Waals surface area (Å²) in [6, 6.07) is 10.4. The number of benzene rings is 1. The van der Waals surface area contributed by atoms with Crippen LogP contribution in [0.25, 0.3) is 0 Å². The number of hydrogen-bond donors (Lipinski definition) is 0. The molecule has 4 heteroatoms. The molecule has 19 heavy (non-hydrogen) atoms. The van der Waals surface area contributed by atoms with E-state index in [0.717, 1.165) is 5.75 Å². The standard InChI is InChI=1S/C15H15NO3/c1-3-19-12-8-6-11(7-9-12)14(17)13-5-4-10-16-15(13)18-2/h4-10H,3H2,1-2H3. The molecule has 0 spiro atoms. The minimum absolute atomic E-state index is 0.118. The summed E-state index contributed by atoms with van der Waals surface area (Å²) in [5.41, 5.74) is 1.03. The van der Waals surface area contributed by atoms with Crippen LogP contribution in [-0.4, -0.2) is 24.5 Å². The van der Waals surface area contributed by atoms with Crippen LogP contribution in [0.15, 0.2) is 42.6 Å². The lowest BCUT2D eigenvalue weighted by atomic mass is 10.0. The zero-order valence-electron chi connectivity index (χ0n) is 10.9.